The number of aromatic nitrogens is 2. The summed E-state index contributed by atoms with van der Waals surface area (Å²) in [6.07, 6.45) is 3.00. The number of benzene rings is 1. The molecule has 2 aromatic rings. The van der Waals surface area contributed by atoms with E-state index in [4.69, 9.17) is 14.2 Å². The van der Waals surface area contributed by atoms with Crippen LogP contribution in [0, 0.1) is 0 Å². The number of rotatable bonds is 5. The van der Waals surface area contributed by atoms with Gasteiger partial charge in [-0.3, -0.25) is 9.89 Å². The van der Waals surface area contributed by atoms with Gasteiger partial charge >= 0.3 is 0 Å². The summed E-state index contributed by atoms with van der Waals surface area (Å²) in [5.74, 6) is 1.87. The molecule has 1 aromatic carbocycles. The molecule has 0 fully saturated rings. The molecule has 1 amide bonds. The van der Waals surface area contributed by atoms with Crippen LogP contribution in [0.3, 0.4) is 0 Å². The molecule has 1 aromatic heterocycles. The average molecular weight is 275 g/mol. The molecule has 3 rings (SSSR count). The highest BCUT2D eigenvalue weighted by atomic mass is 16.7. The molecule has 20 heavy (non-hydrogen) atoms. The lowest BCUT2D eigenvalue weighted by molar-refractivity contribution is 0.0947. The summed E-state index contributed by atoms with van der Waals surface area (Å²) >= 11 is 0. The number of fused-ring (bicyclic) bond motifs is 1. The molecule has 0 bridgehead atoms. The van der Waals surface area contributed by atoms with E-state index in [1.807, 2.05) is 0 Å². The highest BCUT2D eigenvalue weighted by Crippen LogP contribution is 2.34. The SMILES string of the molecule is O=C(NCCOc1ccc2c(c1)OCO2)c1cn[nH]c1. The van der Waals surface area contributed by atoms with Crippen LogP contribution in [-0.2, 0) is 0 Å². The molecule has 1 aliphatic rings. The van der Waals surface area contributed by atoms with Crippen LogP contribution in [0.5, 0.6) is 17.2 Å². The van der Waals surface area contributed by atoms with Gasteiger partial charge in [-0.2, -0.15) is 5.10 Å². The van der Waals surface area contributed by atoms with Crippen molar-refractivity contribution in [3.05, 3.63) is 36.2 Å². The number of hydrogen-bond donors (Lipinski definition) is 2. The van der Waals surface area contributed by atoms with E-state index in [-0.39, 0.29) is 12.7 Å². The van der Waals surface area contributed by atoms with Crippen molar-refractivity contribution in [2.24, 2.45) is 0 Å². The lowest BCUT2D eigenvalue weighted by atomic mass is 10.3. The predicted molar refractivity (Wildman–Crippen MR) is 69.0 cm³/mol. The van der Waals surface area contributed by atoms with Gasteiger partial charge in [0.2, 0.25) is 6.79 Å². The molecule has 0 aliphatic carbocycles. The molecule has 0 saturated carbocycles. The van der Waals surface area contributed by atoms with Crippen LogP contribution < -0.4 is 19.5 Å². The fraction of sp³-hybridized carbons (Fsp3) is 0.231. The van der Waals surface area contributed by atoms with E-state index in [0.717, 1.165) is 0 Å². The minimum Gasteiger partial charge on any atom is -0.492 e. The number of carbonyl (C=O) groups is 1. The molecule has 0 radical (unpaired) electrons. The van der Waals surface area contributed by atoms with Crippen LogP contribution in [-0.4, -0.2) is 36.0 Å². The van der Waals surface area contributed by atoms with Crippen molar-refractivity contribution in [3.8, 4) is 17.2 Å². The van der Waals surface area contributed by atoms with Crippen molar-refractivity contribution < 1.29 is 19.0 Å². The maximum atomic E-state index is 11.6. The van der Waals surface area contributed by atoms with E-state index in [1.165, 1.54) is 12.4 Å². The molecule has 2 heterocycles. The standard InChI is InChI=1S/C13H13N3O4/c17-13(9-6-15-16-7-9)14-3-4-18-10-1-2-11-12(5-10)20-8-19-11/h1-2,5-7H,3-4,8H2,(H,14,17)(H,15,16). The summed E-state index contributed by atoms with van der Waals surface area (Å²) < 4.78 is 16.0. The Balaban J connectivity index is 1.45. The van der Waals surface area contributed by atoms with Crippen LogP contribution in [0.1, 0.15) is 10.4 Å². The lowest BCUT2D eigenvalue weighted by Gasteiger charge is -2.07. The summed E-state index contributed by atoms with van der Waals surface area (Å²) in [6.45, 7) is 1.00. The Hall–Kier alpha value is -2.70. The number of nitrogens with one attached hydrogen (secondary N) is 2. The summed E-state index contributed by atoms with van der Waals surface area (Å²) in [6, 6.07) is 5.35. The van der Waals surface area contributed by atoms with Crippen LogP contribution >= 0.6 is 0 Å². The maximum absolute atomic E-state index is 11.6. The quantitative estimate of drug-likeness (QED) is 0.793. The molecule has 7 heteroatoms. The average Bonchev–Trinajstić information content (AvgIpc) is 3.13. The van der Waals surface area contributed by atoms with Gasteiger partial charge in [0.15, 0.2) is 11.5 Å². The number of ether oxygens (including phenoxy) is 3. The van der Waals surface area contributed by atoms with Gasteiger partial charge in [0.1, 0.15) is 12.4 Å². The van der Waals surface area contributed by atoms with Gasteiger partial charge in [-0.05, 0) is 12.1 Å². The topological polar surface area (TPSA) is 85.5 Å². The van der Waals surface area contributed by atoms with Gasteiger partial charge in [0.25, 0.3) is 5.91 Å². The summed E-state index contributed by atoms with van der Waals surface area (Å²) in [5, 5.41) is 9.02. The number of amides is 1. The molecule has 0 saturated heterocycles. The number of carbonyl (C=O) groups excluding carboxylic acids is 1. The van der Waals surface area contributed by atoms with Gasteiger partial charge in [0, 0.05) is 12.3 Å². The first-order chi connectivity index (χ1) is 9.83. The van der Waals surface area contributed by atoms with Crippen molar-refractivity contribution in [1.29, 1.82) is 0 Å². The summed E-state index contributed by atoms with van der Waals surface area (Å²) in [5.41, 5.74) is 0.494. The molecule has 0 atom stereocenters. The van der Waals surface area contributed by atoms with Crippen LogP contribution in [0.4, 0.5) is 0 Å². The zero-order valence-corrected chi connectivity index (χ0v) is 10.6. The Morgan fingerprint density at radius 2 is 2.30 bits per heavy atom. The first-order valence-corrected chi connectivity index (χ1v) is 6.12. The number of hydrogen-bond acceptors (Lipinski definition) is 5. The molecule has 0 unspecified atom stereocenters. The first kappa shape index (κ1) is 12.3. The molecule has 7 nitrogen and oxygen atoms in total. The highest BCUT2D eigenvalue weighted by molar-refractivity contribution is 5.93. The molecule has 104 valence electrons. The Morgan fingerprint density at radius 1 is 1.40 bits per heavy atom. The van der Waals surface area contributed by atoms with E-state index in [0.29, 0.717) is 36.0 Å². The zero-order chi connectivity index (χ0) is 13.8. The zero-order valence-electron chi connectivity index (χ0n) is 10.6. The van der Waals surface area contributed by atoms with Crippen LogP contribution in [0.2, 0.25) is 0 Å². The summed E-state index contributed by atoms with van der Waals surface area (Å²) in [7, 11) is 0. The monoisotopic (exact) mass is 275 g/mol. The number of aromatic amines is 1. The van der Waals surface area contributed by atoms with E-state index in [9.17, 15) is 4.79 Å². The highest BCUT2D eigenvalue weighted by Gasteiger charge is 2.13. The maximum Gasteiger partial charge on any atom is 0.254 e. The second kappa shape index (κ2) is 5.52. The molecule has 0 spiro atoms. The van der Waals surface area contributed by atoms with E-state index in [1.54, 1.807) is 18.2 Å². The Kier molecular flexibility index (Phi) is 3.40. The third-order valence-electron chi connectivity index (χ3n) is 2.76. The van der Waals surface area contributed by atoms with Gasteiger partial charge in [-0.1, -0.05) is 0 Å². The third kappa shape index (κ3) is 2.66. The van der Waals surface area contributed by atoms with Crippen molar-refractivity contribution >= 4 is 5.91 Å². The van der Waals surface area contributed by atoms with Gasteiger partial charge < -0.3 is 19.5 Å². The Labute approximate surface area is 114 Å². The first-order valence-electron chi connectivity index (χ1n) is 6.12. The summed E-state index contributed by atoms with van der Waals surface area (Å²) in [4.78, 5) is 11.6. The van der Waals surface area contributed by atoms with Gasteiger partial charge in [0.05, 0.1) is 18.3 Å². The van der Waals surface area contributed by atoms with E-state index < -0.39 is 0 Å². The molecule has 1 aliphatic heterocycles. The minimum atomic E-state index is -0.187. The fourth-order valence-electron chi connectivity index (χ4n) is 1.78. The lowest BCUT2D eigenvalue weighted by Crippen LogP contribution is -2.27. The molecular formula is C13H13N3O4. The van der Waals surface area contributed by atoms with E-state index >= 15 is 0 Å². The van der Waals surface area contributed by atoms with E-state index in [2.05, 4.69) is 15.5 Å². The largest absolute Gasteiger partial charge is 0.492 e. The van der Waals surface area contributed by atoms with Crippen molar-refractivity contribution in [1.82, 2.24) is 15.5 Å². The number of nitrogens with zero attached hydrogens (tertiary/aromatic N) is 1. The van der Waals surface area contributed by atoms with Crippen molar-refractivity contribution in [2.75, 3.05) is 19.9 Å². The smallest absolute Gasteiger partial charge is 0.254 e. The second-order valence-corrected chi connectivity index (χ2v) is 4.11. The normalized spacial score (nSPS) is 12.2. The van der Waals surface area contributed by atoms with Gasteiger partial charge in [-0.25, -0.2) is 0 Å². The molecule has 2 N–H and O–H groups in total. The van der Waals surface area contributed by atoms with Crippen molar-refractivity contribution in [2.45, 2.75) is 0 Å². The molecular weight excluding hydrogens is 262 g/mol. The van der Waals surface area contributed by atoms with Crippen LogP contribution in [0.15, 0.2) is 30.6 Å². The number of H-pyrrole nitrogens is 1. The Bertz CT molecular complexity index is 598. The fourth-order valence-corrected chi connectivity index (χ4v) is 1.78. The second-order valence-electron chi connectivity index (χ2n) is 4.11. The van der Waals surface area contributed by atoms with Crippen LogP contribution in [0.25, 0.3) is 0 Å². The third-order valence-corrected chi connectivity index (χ3v) is 2.76. The van der Waals surface area contributed by atoms with Crippen molar-refractivity contribution in [3.63, 3.8) is 0 Å². The minimum absolute atomic E-state index is 0.187. The Morgan fingerprint density at radius 3 is 3.15 bits per heavy atom. The van der Waals surface area contributed by atoms with Gasteiger partial charge in [-0.15, -0.1) is 0 Å². The predicted octanol–water partition coefficient (Wildman–Crippen LogP) is 0.947.